The quantitative estimate of drug-likeness (QED) is 0.276. The van der Waals surface area contributed by atoms with Crippen molar-refractivity contribution in [1.82, 2.24) is 9.88 Å². The number of amides is 1. The van der Waals surface area contributed by atoms with Crippen LogP contribution in [0.1, 0.15) is 47.1 Å². The van der Waals surface area contributed by atoms with Gasteiger partial charge in [0.1, 0.15) is 11.4 Å². The van der Waals surface area contributed by atoms with Crippen molar-refractivity contribution in [3.05, 3.63) is 88.6 Å². The molecule has 0 bridgehead atoms. The average Bonchev–Trinajstić information content (AvgIpc) is 3.15. The summed E-state index contributed by atoms with van der Waals surface area (Å²) in [6.07, 6.45) is 5.69. The van der Waals surface area contributed by atoms with E-state index in [0.717, 1.165) is 31.6 Å². The number of thiophene rings is 1. The summed E-state index contributed by atoms with van der Waals surface area (Å²) in [5.74, 6) is 0.549. The van der Waals surface area contributed by atoms with Gasteiger partial charge in [0, 0.05) is 46.3 Å². The smallest absolute Gasteiger partial charge is 0.255 e. The standard InChI is InChI=1S/C30H35N3O2S/c1-21-26(14-18-33(5)17-13-22-11-15-31-16-12-22)27-20-24(9-10-28(27)36-21)32-29(34)23-7-6-8-25(19-23)35-30(2,3)4/h6-12,15-16,19-20H,13-14,17-18H2,1-5H3,(H,32,34). The highest BCUT2D eigenvalue weighted by molar-refractivity contribution is 7.19. The minimum Gasteiger partial charge on any atom is -0.488 e. The molecular weight excluding hydrogens is 466 g/mol. The van der Waals surface area contributed by atoms with Crippen LogP contribution in [-0.2, 0) is 12.8 Å². The van der Waals surface area contributed by atoms with Crippen molar-refractivity contribution in [1.29, 1.82) is 0 Å². The maximum absolute atomic E-state index is 13.0. The largest absolute Gasteiger partial charge is 0.488 e. The van der Waals surface area contributed by atoms with E-state index in [9.17, 15) is 4.79 Å². The number of pyridine rings is 1. The molecule has 2 heterocycles. The fourth-order valence-electron chi connectivity index (χ4n) is 4.20. The minimum absolute atomic E-state index is 0.141. The molecular formula is C30H35N3O2S. The molecule has 0 fully saturated rings. The van der Waals surface area contributed by atoms with Crippen LogP contribution in [0.2, 0.25) is 0 Å². The summed E-state index contributed by atoms with van der Waals surface area (Å²) in [7, 11) is 2.17. The van der Waals surface area contributed by atoms with Gasteiger partial charge in [-0.15, -0.1) is 11.3 Å². The van der Waals surface area contributed by atoms with Gasteiger partial charge in [-0.25, -0.2) is 0 Å². The van der Waals surface area contributed by atoms with Gasteiger partial charge in [-0.1, -0.05) is 6.07 Å². The number of aromatic nitrogens is 1. The van der Waals surface area contributed by atoms with Crippen LogP contribution in [0.4, 0.5) is 5.69 Å². The molecule has 0 aliphatic carbocycles. The topological polar surface area (TPSA) is 54.5 Å². The lowest BCUT2D eigenvalue weighted by Gasteiger charge is -2.21. The molecule has 0 aliphatic rings. The fraction of sp³-hybridized carbons (Fsp3) is 0.333. The lowest BCUT2D eigenvalue weighted by atomic mass is 10.1. The zero-order valence-electron chi connectivity index (χ0n) is 21.8. The SMILES string of the molecule is Cc1sc2ccc(NC(=O)c3cccc(OC(C)(C)C)c3)cc2c1CCN(C)CCc1ccncc1. The molecule has 0 radical (unpaired) electrons. The predicted octanol–water partition coefficient (Wildman–Crippen LogP) is 6.75. The Balaban J connectivity index is 1.43. The number of anilines is 1. The van der Waals surface area contributed by atoms with E-state index < -0.39 is 0 Å². The molecule has 1 amide bonds. The predicted molar refractivity (Wildman–Crippen MR) is 150 cm³/mol. The van der Waals surface area contributed by atoms with Gasteiger partial charge in [0.25, 0.3) is 5.91 Å². The monoisotopic (exact) mass is 501 g/mol. The Morgan fingerprint density at radius 1 is 1.03 bits per heavy atom. The van der Waals surface area contributed by atoms with Gasteiger partial charge in [0.15, 0.2) is 0 Å². The molecule has 4 rings (SSSR count). The van der Waals surface area contributed by atoms with E-state index >= 15 is 0 Å². The maximum atomic E-state index is 13.0. The first-order chi connectivity index (χ1) is 17.2. The lowest BCUT2D eigenvalue weighted by molar-refractivity contribution is 0.102. The number of rotatable bonds is 9. The molecule has 1 N–H and O–H groups in total. The lowest BCUT2D eigenvalue weighted by Crippen LogP contribution is -2.24. The van der Waals surface area contributed by atoms with Crippen molar-refractivity contribution in [3.8, 4) is 5.75 Å². The molecule has 5 nitrogen and oxygen atoms in total. The molecule has 0 aliphatic heterocycles. The zero-order valence-corrected chi connectivity index (χ0v) is 22.6. The normalized spacial score (nSPS) is 11.7. The van der Waals surface area contributed by atoms with Gasteiger partial charge in [-0.3, -0.25) is 9.78 Å². The van der Waals surface area contributed by atoms with Crippen LogP contribution in [0.15, 0.2) is 67.0 Å². The van der Waals surface area contributed by atoms with Crippen molar-refractivity contribution < 1.29 is 9.53 Å². The molecule has 36 heavy (non-hydrogen) atoms. The Labute approximate surface area is 218 Å². The third-order valence-electron chi connectivity index (χ3n) is 6.05. The molecule has 0 unspecified atom stereocenters. The molecule has 0 spiro atoms. The van der Waals surface area contributed by atoms with Gasteiger partial charge >= 0.3 is 0 Å². The second-order valence-corrected chi connectivity index (χ2v) is 11.5. The van der Waals surface area contributed by atoms with Crippen LogP contribution >= 0.6 is 11.3 Å². The Morgan fingerprint density at radius 2 is 1.78 bits per heavy atom. The van der Waals surface area contributed by atoms with Crippen LogP contribution in [0.5, 0.6) is 5.75 Å². The van der Waals surface area contributed by atoms with Gasteiger partial charge in [-0.2, -0.15) is 0 Å². The van der Waals surface area contributed by atoms with E-state index in [1.165, 1.54) is 26.1 Å². The third kappa shape index (κ3) is 6.93. The molecule has 0 saturated heterocycles. The number of ether oxygens (including phenoxy) is 1. The number of benzene rings is 2. The van der Waals surface area contributed by atoms with Crippen molar-refractivity contribution >= 4 is 33.0 Å². The first-order valence-electron chi connectivity index (χ1n) is 12.4. The van der Waals surface area contributed by atoms with Crippen LogP contribution in [0.25, 0.3) is 10.1 Å². The Bertz CT molecular complexity index is 1330. The summed E-state index contributed by atoms with van der Waals surface area (Å²) in [4.78, 5) is 20.8. The first-order valence-corrected chi connectivity index (χ1v) is 13.2. The Morgan fingerprint density at radius 3 is 2.53 bits per heavy atom. The summed E-state index contributed by atoms with van der Waals surface area (Å²) in [6, 6.07) is 17.7. The van der Waals surface area contributed by atoms with Gasteiger partial charge < -0.3 is 15.0 Å². The molecule has 0 atom stereocenters. The summed E-state index contributed by atoms with van der Waals surface area (Å²) in [6.45, 7) is 10.2. The van der Waals surface area contributed by atoms with E-state index in [1.54, 1.807) is 6.07 Å². The highest BCUT2D eigenvalue weighted by Crippen LogP contribution is 2.33. The summed E-state index contributed by atoms with van der Waals surface area (Å²) in [5.41, 5.74) is 3.74. The van der Waals surface area contributed by atoms with Crippen molar-refractivity contribution in [2.24, 2.45) is 0 Å². The first kappa shape index (κ1) is 25.9. The summed E-state index contributed by atoms with van der Waals surface area (Å²) < 4.78 is 7.17. The summed E-state index contributed by atoms with van der Waals surface area (Å²) >= 11 is 1.82. The van der Waals surface area contributed by atoms with E-state index in [0.29, 0.717) is 11.3 Å². The Kier molecular flexibility index (Phi) is 8.07. The van der Waals surface area contributed by atoms with E-state index in [2.05, 4.69) is 53.4 Å². The van der Waals surface area contributed by atoms with E-state index in [4.69, 9.17) is 4.74 Å². The highest BCUT2D eigenvalue weighted by atomic mass is 32.1. The van der Waals surface area contributed by atoms with Crippen LogP contribution in [0.3, 0.4) is 0 Å². The van der Waals surface area contributed by atoms with Crippen molar-refractivity contribution in [3.63, 3.8) is 0 Å². The number of hydrogen-bond acceptors (Lipinski definition) is 5. The average molecular weight is 502 g/mol. The van der Waals surface area contributed by atoms with Gasteiger partial charge in [-0.05, 0) is 113 Å². The minimum atomic E-state index is -0.319. The highest BCUT2D eigenvalue weighted by Gasteiger charge is 2.15. The number of carbonyl (C=O) groups excluding carboxylic acids is 1. The number of nitrogens with one attached hydrogen (secondary N) is 1. The summed E-state index contributed by atoms with van der Waals surface area (Å²) in [5, 5.41) is 4.30. The van der Waals surface area contributed by atoms with Crippen LogP contribution in [-0.4, -0.2) is 41.5 Å². The van der Waals surface area contributed by atoms with Crippen LogP contribution < -0.4 is 10.1 Å². The van der Waals surface area contributed by atoms with Gasteiger partial charge in [0.05, 0.1) is 0 Å². The number of fused-ring (bicyclic) bond motifs is 1. The van der Waals surface area contributed by atoms with Gasteiger partial charge in [0.2, 0.25) is 0 Å². The maximum Gasteiger partial charge on any atom is 0.255 e. The van der Waals surface area contributed by atoms with E-state index in [1.807, 2.05) is 68.8 Å². The molecule has 2 aromatic carbocycles. The number of nitrogens with zero attached hydrogens (tertiary/aromatic N) is 2. The van der Waals surface area contributed by atoms with Crippen LogP contribution in [0, 0.1) is 6.92 Å². The van der Waals surface area contributed by atoms with Crippen molar-refractivity contribution in [2.45, 2.75) is 46.1 Å². The molecule has 188 valence electrons. The number of hydrogen-bond donors (Lipinski definition) is 1. The molecule has 4 aromatic rings. The van der Waals surface area contributed by atoms with E-state index in [-0.39, 0.29) is 11.5 Å². The third-order valence-corrected chi connectivity index (χ3v) is 7.17. The fourth-order valence-corrected chi connectivity index (χ4v) is 5.29. The van der Waals surface area contributed by atoms with Crippen molar-refractivity contribution in [2.75, 3.05) is 25.5 Å². The second-order valence-electron chi connectivity index (χ2n) is 10.2. The second kappa shape index (κ2) is 11.2. The number of aryl methyl sites for hydroxylation is 1. The molecule has 0 saturated carbocycles. The zero-order chi connectivity index (χ0) is 25.7. The molecule has 6 heteroatoms. The number of likely N-dealkylation sites (N-methyl/N-ethyl adjacent to an activating group) is 1. The number of carbonyl (C=O) groups is 1. The molecule has 2 aromatic heterocycles. The Hall–Kier alpha value is -3.22.